The monoisotopic (exact) mass is 380 g/mol. The van der Waals surface area contributed by atoms with Gasteiger partial charge in [0, 0.05) is 0 Å². The van der Waals surface area contributed by atoms with E-state index in [1.807, 2.05) is 0 Å². The van der Waals surface area contributed by atoms with Crippen LogP contribution in [-0.4, -0.2) is 15.9 Å². The maximum Gasteiger partial charge on any atom is 0.419 e. The van der Waals surface area contributed by atoms with Gasteiger partial charge >= 0.3 is 6.18 Å². The van der Waals surface area contributed by atoms with Crippen molar-refractivity contribution in [3.8, 4) is 0 Å². The molecule has 142 valence electrons. The minimum Gasteiger partial charge on any atom is -0.369 e. The molecule has 0 spiro atoms. The smallest absolute Gasteiger partial charge is 0.369 e. The molecule has 1 amide bonds. The predicted octanol–water partition coefficient (Wildman–Crippen LogP) is 3.92. The molecule has 5 nitrogen and oxygen atoms in total. The van der Waals surface area contributed by atoms with Crippen LogP contribution in [-0.2, 0) is 17.4 Å². The van der Waals surface area contributed by atoms with Crippen LogP contribution in [0.4, 0.5) is 23.5 Å². The number of aromatic nitrogens is 2. The second-order valence-electron chi connectivity index (χ2n) is 6.14. The Hall–Kier alpha value is -3.10. The summed E-state index contributed by atoms with van der Waals surface area (Å²) in [7, 11) is 0. The van der Waals surface area contributed by atoms with Crippen LogP contribution in [0.5, 0.6) is 0 Å². The molecule has 3 rings (SSSR count). The van der Waals surface area contributed by atoms with Gasteiger partial charge in [-0.2, -0.15) is 13.2 Å². The maximum absolute atomic E-state index is 13.4. The second-order valence-corrected chi connectivity index (χ2v) is 6.14. The van der Waals surface area contributed by atoms with Crippen molar-refractivity contribution in [3.63, 3.8) is 0 Å². The summed E-state index contributed by atoms with van der Waals surface area (Å²) >= 11 is 0. The minimum atomic E-state index is -4.77. The number of primary amides is 1. The number of hydrogen-bond acceptors (Lipinski definition) is 3. The molecule has 1 atom stereocenters. The molecule has 0 bridgehead atoms. The van der Waals surface area contributed by atoms with Gasteiger partial charge in [0.25, 0.3) is 0 Å². The third kappa shape index (κ3) is 4.02. The number of nitrogens with zero attached hydrogens (tertiary/aromatic N) is 1. The van der Waals surface area contributed by atoms with E-state index in [4.69, 9.17) is 5.73 Å². The standard InChI is InChI=1S/C18H16F4N4O/c1-9(10-5-6-13(19)12(7-10)18(20,21)22)24-17-25-14-4-2-3-11(8-15(23)27)16(14)26-17/h2-7,9H,8H2,1H3,(H2,23,27)(H2,24,25,26)/t9-/m0/s1. The molecular formula is C18H16F4N4O. The molecule has 27 heavy (non-hydrogen) atoms. The third-order valence-corrected chi connectivity index (χ3v) is 4.11. The van der Waals surface area contributed by atoms with Crippen LogP contribution in [0.3, 0.4) is 0 Å². The molecular weight excluding hydrogens is 364 g/mol. The zero-order valence-electron chi connectivity index (χ0n) is 14.2. The quantitative estimate of drug-likeness (QED) is 0.587. The van der Waals surface area contributed by atoms with E-state index >= 15 is 0 Å². The summed E-state index contributed by atoms with van der Waals surface area (Å²) in [4.78, 5) is 18.5. The summed E-state index contributed by atoms with van der Waals surface area (Å²) in [5.41, 5.74) is 5.99. The van der Waals surface area contributed by atoms with Crippen LogP contribution in [0.1, 0.15) is 29.7 Å². The topological polar surface area (TPSA) is 83.8 Å². The lowest BCUT2D eigenvalue weighted by Gasteiger charge is -2.16. The van der Waals surface area contributed by atoms with Gasteiger partial charge in [-0.15, -0.1) is 0 Å². The Morgan fingerprint density at radius 3 is 2.70 bits per heavy atom. The van der Waals surface area contributed by atoms with Gasteiger partial charge in [-0.1, -0.05) is 18.2 Å². The number of aromatic amines is 1. The Morgan fingerprint density at radius 1 is 1.30 bits per heavy atom. The van der Waals surface area contributed by atoms with Crippen LogP contribution >= 0.6 is 0 Å². The molecule has 0 radical (unpaired) electrons. The Balaban J connectivity index is 1.88. The number of benzene rings is 2. The number of carbonyl (C=O) groups excluding carboxylic acids is 1. The number of hydrogen-bond donors (Lipinski definition) is 3. The first-order chi connectivity index (χ1) is 12.6. The lowest BCUT2D eigenvalue weighted by atomic mass is 10.0. The molecule has 0 saturated heterocycles. The number of anilines is 1. The van der Waals surface area contributed by atoms with Gasteiger partial charge in [-0.25, -0.2) is 9.37 Å². The van der Waals surface area contributed by atoms with E-state index in [2.05, 4.69) is 15.3 Å². The Labute approximate surface area is 151 Å². The van der Waals surface area contributed by atoms with Crippen LogP contribution in [0.2, 0.25) is 0 Å². The summed E-state index contributed by atoms with van der Waals surface area (Å²) in [6, 6.07) is 7.48. The van der Waals surface area contributed by atoms with E-state index in [1.165, 1.54) is 6.07 Å². The van der Waals surface area contributed by atoms with Gasteiger partial charge in [0.05, 0.1) is 29.1 Å². The summed E-state index contributed by atoms with van der Waals surface area (Å²) in [6.45, 7) is 1.63. The van der Waals surface area contributed by atoms with Gasteiger partial charge in [-0.05, 0) is 36.2 Å². The van der Waals surface area contributed by atoms with Crippen molar-refractivity contribution < 1.29 is 22.4 Å². The van der Waals surface area contributed by atoms with Crippen LogP contribution in [0.15, 0.2) is 36.4 Å². The summed E-state index contributed by atoms with van der Waals surface area (Å²) < 4.78 is 52.1. The van der Waals surface area contributed by atoms with Crippen LogP contribution in [0, 0.1) is 5.82 Å². The molecule has 1 aromatic heterocycles. The highest BCUT2D eigenvalue weighted by atomic mass is 19.4. The molecule has 1 heterocycles. The van der Waals surface area contributed by atoms with Crippen LogP contribution < -0.4 is 11.1 Å². The number of fused-ring (bicyclic) bond motifs is 1. The zero-order valence-corrected chi connectivity index (χ0v) is 14.2. The molecule has 0 aliphatic carbocycles. The van der Waals surface area contributed by atoms with E-state index < -0.39 is 29.5 Å². The number of imidazole rings is 1. The largest absolute Gasteiger partial charge is 0.419 e. The van der Waals surface area contributed by atoms with Crippen molar-refractivity contribution in [1.29, 1.82) is 0 Å². The minimum absolute atomic E-state index is 0.0179. The van der Waals surface area contributed by atoms with Gasteiger partial charge in [-0.3, -0.25) is 4.79 Å². The maximum atomic E-state index is 13.4. The van der Waals surface area contributed by atoms with Crippen molar-refractivity contribution in [2.24, 2.45) is 5.73 Å². The third-order valence-electron chi connectivity index (χ3n) is 4.11. The number of amides is 1. The Bertz CT molecular complexity index is 997. The highest BCUT2D eigenvalue weighted by Gasteiger charge is 2.34. The normalized spacial score (nSPS) is 12.9. The molecule has 0 unspecified atom stereocenters. The number of halogens is 4. The predicted molar refractivity (Wildman–Crippen MR) is 92.4 cm³/mol. The molecule has 4 N–H and O–H groups in total. The van der Waals surface area contributed by atoms with E-state index in [0.29, 0.717) is 22.5 Å². The van der Waals surface area contributed by atoms with E-state index in [9.17, 15) is 22.4 Å². The summed E-state index contributed by atoms with van der Waals surface area (Å²) in [6.07, 6.45) is -4.76. The van der Waals surface area contributed by atoms with Crippen molar-refractivity contribution in [2.75, 3.05) is 5.32 Å². The summed E-state index contributed by atoms with van der Waals surface area (Å²) in [5, 5.41) is 2.95. The Morgan fingerprint density at radius 2 is 2.04 bits per heavy atom. The van der Waals surface area contributed by atoms with E-state index in [0.717, 1.165) is 12.1 Å². The average Bonchev–Trinajstić information content (AvgIpc) is 2.97. The molecule has 0 aliphatic heterocycles. The number of nitrogens with two attached hydrogens (primary N) is 1. The number of nitrogens with one attached hydrogen (secondary N) is 2. The number of alkyl halides is 3. The molecule has 0 saturated carbocycles. The molecule has 0 fully saturated rings. The molecule has 0 aliphatic rings. The van der Waals surface area contributed by atoms with Crippen molar-refractivity contribution >= 4 is 22.9 Å². The zero-order chi connectivity index (χ0) is 19.8. The van der Waals surface area contributed by atoms with Gasteiger partial charge < -0.3 is 16.0 Å². The Kier molecular flexibility index (Phi) is 4.77. The number of carbonyl (C=O) groups is 1. The van der Waals surface area contributed by atoms with E-state index in [-0.39, 0.29) is 12.0 Å². The fourth-order valence-electron chi connectivity index (χ4n) is 2.81. The second kappa shape index (κ2) is 6.90. The average molecular weight is 380 g/mol. The fraction of sp³-hybridized carbons (Fsp3) is 0.222. The molecule has 2 aromatic carbocycles. The van der Waals surface area contributed by atoms with Gasteiger partial charge in [0.1, 0.15) is 5.82 Å². The summed E-state index contributed by atoms with van der Waals surface area (Å²) in [5.74, 6) is -1.51. The number of H-pyrrole nitrogens is 1. The van der Waals surface area contributed by atoms with Gasteiger partial charge in [0.2, 0.25) is 11.9 Å². The highest BCUT2D eigenvalue weighted by Crippen LogP contribution is 2.33. The SMILES string of the molecule is C[C@H](Nc1nc2c(CC(N)=O)cccc2[nH]1)c1ccc(F)c(C(F)(F)F)c1. The number of para-hydroxylation sites is 1. The first-order valence-corrected chi connectivity index (χ1v) is 8.04. The van der Waals surface area contributed by atoms with Crippen LogP contribution in [0.25, 0.3) is 11.0 Å². The van der Waals surface area contributed by atoms with E-state index in [1.54, 1.807) is 25.1 Å². The lowest BCUT2D eigenvalue weighted by molar-refractivity contribution is -0.140. The first-order valence-electron chi connectivity index (χ1n) is 8.04. The fourth-order valence-corrected chi connectivity index (χ4v) is 2.81. The van der Waals surface area contributed by atoms with Crippen molar-refractivity contribution in [2.45, 2.75) is 25.6 Å². The first kappa shape index (κ1) is 18.7. The van der Waals surface area contributed by atoms with Crippen molar-refractivity contribution in [1.82, 2.24) is 9.97 Å². The number of rotatable bonds is 5. The van der Waals surface area contributed by atoms with Crippen molar-refractivity contribution in [3.05, 3.63) is 58.9 Å². The lowest BCUT2D eigenvalue weighted by Crippen LogP contribution is -2.14. The van der Waals surface area contributed by atoms with Gasteiger partial charge in [0.15, 0.2) is 0 Å². The molecule has 9 heteroatoms. The molecule has 3 aromatic rings. The highest BCUT2D eigenvalue weighted by molar-refractivity contribution is 5.86.